The highest BCUT2D eigenvalue weighted by atomic mass is 13.9. The summed E-state index contributed by atoms with van der Waals surface area (Å²) in [5.74, 6) is 0. The second-order valence-corrected chi connectivity index (χ2v) is 3.44. The molecule has 1 rings (SSSR count). The Balaban J connectivity index is 2.28. The van der Waals surface area contributed by atoms with Crippen molar-refractivity contribution in [3.8, 4) is 0 Å². The van der Waals surface area contributed by atoms with Crippen LogP contribution in [0, 0.1) is 6.08 Å². The Labute approximate surface area is 82.0 Å². The SMILES string of the molecule is [C]1=CCCC=CC=CCCCCC1. The molecule has 0 amide bonds. The van der Waals surface area contributed by atoms with E-state index < -0.39 is 0 Å². The summed E-state index contributed by atoms with van der Waals surface area (Å²) in [7, 11) is 0. The van der Waals surface area contributed by atoms with E-state index in [1.165, 1.54) is 25.7 Å². The van der Waals surface area contributed by atoms with Crippen LogP contribution in [0.2, 0.25) is 0 Å². The van der Waals surface area contributed by atoms with Crippen molar-refractivity contribution in [2.75, 3.05) is 0 Å². The van der Waals surface area contributed by atoms with Crippen molar-refractivity contribution < 1.29 is 0 Å². The fourth-order valence-electron chi connectivity index (χ4n) is 1.40. The second-order valence-electron chi connectivity index (χ2n) is 3.44. The van der Waals surface area contributed by atoms with Crippen LogP contribution in [0.5, 0.6) is 0 Å². The molecule has 13 heavy (non-hydrogen) atoms. The highest BCUT2D eigenvalue weighted by Gasteiger charge is 1.86. The highest BCUT2D eigenvalue weighted by Crippen LogP contribution is 2.05. The molecule has 0 bridgehead atoms. The van der Waals surface area contributed by atoms with Gasteiger partial charge in [0.1, 0.15) is 0 Å². The maximum atomic E-state index is 3.34. The lowest BCUT2D eigenvalue weighted by Crippen LogP contribution is -1.74. The van der Waals surface area contributed by atoms with Gasteiger partial charge in [0.15, 0.2) is 0 Å². The first-order chi connectivity index (χ1) is 6.50. The molecule has 1 radical (unpaired) electrons. The Bertz CT molecular complexity index is 184. The van der Waals surface area contributed by atoms with Crippen molar-refractivity contribution >= 4 is 0 Å². The van der Waals surface area contributed by atoms with Crippen molar-refractivity contribution in [2.45, 2.75) is 44.9 Å². The lowest BCUT2D eigenvalue weighted by atomic mass is 10.1. The van der Waals surface area contributed by atoms with Gasteiger partial charge in [0.25, 0.3) is 0 Å². The molecule has 0 heterocycles. The second kappa shape index (κ2) is 7.85. The van der Waals surface area contributed by atoms with Crippen LogP contribution in [0.4, 0.5) is 0 Å². The van der Waals surface area contributed by atoms with Crippen LogP contribution in [0.3, 0.4) is 0 Å². The quantitative estimate of drug-likeness (QED) is 0.517. The predicted molar refractivity (Wildman–Crippen MR) is 58.4 cm³/mol. The maximum absolute atomic E-state index is 3.34. The Hall–Kier alpha value is -0.780. The van der Waals surface area contributed by atoms with E-state index in [2.05, 4.69) is 36.5 Å². The third-order valence-corrected chi connectivity index (χ3v) is 2.20. The van der Waals surface area contributed by atoms with Crippen molar-refractivity contribution in [3.63, 3.8) is 0 Å². The first-order valence-corrected chi connectivity index (χ1v) is 5.37. The molecule has 0 aromatic rings. The summed E-state index contributed by atoms with van der Waals surface area (Å²) in [6.45, 7) is 0. The molecule has 0 N–H and O–H groups in total. The average molecular weight is 175 g/mol. The van der Waals surface area contributed by atoms with Gasteiger partial charge in [-0.2, -0.15) is 0 Å². The molecule has 0 heteroatoms. The van der Waals surface area contributed by atoms with Gasteiger partial charge in [0.2, 0.25) is 0 Å². The van der Waals surface area contributed by atoms with Gasteiger partial charge in [-0.25, -0.2) is 0 Å². The molecule has 0 fully saturated rings. The Kier molecular flexibility index (Phi) is 6.22. The van der Waals surface area contributed by atoms with Gasteiger partial charge < -0.3 is 0 Å². The number of hydrogen-bond acceptors (Lipinski definition) is 0. The van der Waals surface area contributed by atoms with Crippen LogP contribution in [-0.4, -0.2) is 0 Å². The summed E-state index contributed by atoms with van der Waals surface area (Å²) < 4.78 is 0. The average Bonchev–Trinajstić information content (AvgIpc) is 2.18. The first kappa shape index (κ1) is 10.3. The van der Waals surface area contributed by atoms with Gasteiger partial charge in [-0.3, -0.25) is 0 Å². The minimum absolute atomic E-state index is 1.14. The van der Waals surface area contributed by atoms with Crippen molar-refractivity contribution in [3.05, 3.63) is 36.5 Å². The number of allylic oxidation sites excluding steroid dienone is 6. The smallest absolute Gasteiger partial charge is 0.0279 e. The Morgan fingerprint density at radius 1 is 0.769 bits per heavy atom. The molecular weight excluding hydrogens is 156 g/mol. The van der Waals surface area contributed by atoms with Gasteiger partial charge in [-0.1, -0.05) is 36.8 Å². The van der Waals surface area contributed by atoms with Gasteiger partial charge in [0, 0.05) is 0 Å². The summed E-state index contributed by atoms with van der Waals surface area (Å²) in [6.07, 6.45) is 23.0. The number of rotatable bonds is 0. The van der Waals surface area contributed by atoms with Crippen LogP contribution in [-0.2, 0) is 0 Å². The fourth-order valence-corrected chi connectivity index (χ4v) is 1.40. The molecule has 1 aliphatic carbocycles. The van der Waals surface area contributed by atoms with E-state index in [-0.39, 0.29) is 0 Å². The summed E-state index contributed by atoms with van der Waals surface area (Å²) in [4.78, 5) is 0. The van der Waals surface area contributed by atoms with E-state index in [1.807, 2.05) is 0 Å². The third kappa shape index (κ3) is 6.39. The molecule has 0 aromatic carbocycles. The Morgan fingerprint density at radius 2 is 1.62 bits per heavy atom. The Morgan fingerprint density at radius 3 is 2.54 bits per heavy atom. The van der Waals surface area contributed by atoms with Gasteiger partial charge in [-0.05, 0) is 44.6 Å². The van der Waals surface area contributed by atoms with Crippen LogP contribution in [0.1, 0.15) is 44.9 Å². The van der Waals surface area contributed by atoms with Gasteiger partial charge in [0.05, 0.1) is 0 Å². The summed E-state index contributed by atoms with van der Waals surface area (Å²) in [5.41, 5.74) is 0. The van der Waals surface area contributed by atoms with Crippen LogP contribution in [0.25, 0.3) is 0 Å². The van der Waals surface area contributed by atoms with Crippen molar-refractivity contribution in [2.24, 2.45) is 0 Å². The van der Waals surface area contributed by atoms with E-state index in [4.69, 9.17) is 0 Å². The molecule has 0 aromatic heterocycles. The van der Waals surface area contributed by atoms with E-state index in [0.717, 1.165) is 19.3 Å². The monoisotopic (exact) mass is 175 g/mol. The summed E-state index contributed by atoms with van der Waals surface area (Å²) in [6, 6.07) is 0. The van der Waals surface area contributed by atoms with E-state index >= 15 is 0 Å². The molecule has 0 saturated carbocycles. The highest BCUT2D eigenvalue weighted by molar-refractivity contribution is 5.02. The molecule has 0 unspecified atom stereocenters. The largest absolute Gasteiger partial charge is 0.0845 e. The fraction of sp³-hybridized carbons (Fsp3) is 0.538. The molecule has 1 aliphatic rings. The minimum Gasteiger partial charge on any atom is -0.0845 e. The zero-order chi connectivity index (χ0) is 9.19. The topological polar surface area (TPSA) is 0 Å². The molecule has 0 atom stereocenters. The van der Waals surface area contributed by atoms with E-state index in [0.29, 0.717) is 0 Å². The lowest BCUT2D eigenvalue weighted by Gasteiger charge is -1.93. The van der Waals surface area contributed by atoms with Crippen molar-refractivity contribution in [1.29, 1.82) is 0 Å². The lowest BCUT2D eigenvalue weighted by molar-refractivity contribution is 0.690. The van der Waals surface area contributed by atoms with Crippen LogP contribution in [0.15, 0.2) is 30.4 Å². The molecule has 0 nitrogen and oxygen atoms in total. The molecule has 71 valence electrons. The van der Waals surface area contributed by atoms with E-state index in [1.54, 1.807) is 0 Å². The van der Waals surface area contributed by atoms with Crippen LogP contribution < -0.4 is 0 Å². The summed E-state index contributed by atoms with van der Waals surface area (Å²) >= 11 is 0. The minimum atomic E-state index is 1.14. The van der Waals surface area contributed by atoms with Crippen LogP contribution >= 0.6 is 0 Å². The van der Waals surface area contributed by atoms with Gasteiger partial charge in [-0.15, -0.1) is 0 Å². The number of hydrogen-bond donors (Lipinski definition) is 0. The summed E-state index contributed by atoms with van der Waals surface area (Å²) in [5, 5.41) is 0. The van der Waals surface area contributed by atoms with Crippen molar-refractivity contribution in [1.82, 2.24) is 0 Å². The van der Waals surface area contributed by atoms with E-state index in [9.17, 15) is 0 Å². The molecule has 0 saturated heterocycles. The molecule has 0 spiro atoms. The molecule has 0 aliphatic heterocycles. The zero-order valence-electron chi connectivity index (χ0n) is 8.34. The predicted octanol–water partition coefficient (Wildman–Crippen LogP) is 4.20. The standard InChI is InChI=1S/C13H19/c1-2-4-6-8-10-12-13-11-9-7-5-3-1/h1-4,9H,5-8,10,12-13H2. The van der Waals surface area contributed by atoms with Gasteiger partial charge >= 0.3 is 0 Å². The first-order valence-electron chi connectivity index (χ1n) is 5.37. The zero-order valence-corrected chi connectivity index (χ0v) is 8.34. The maximum Gasteiger partial charge on any atom is -0.0279 e. The molecular formula is C13H19. The normalized spacial score (nSPS) is 20.3. The third-order valence-electron chi connectivity index (χ3n) is 2.20.